The number of benzene rings is 1. The maximum Gasteiger partial charge on any atom is 0.259 e. The van der Waals surface area contributed by atoms with Gasteiger partial charge in [0.15, 0.2) is 0 Å². The summed E-state index contributed by atoms with van der Waals surface area (Å²) in [6.07, 6.45) is 6.98. The molecule has 1 saturated heterocycles. The highest BCUT2D eigenvalue weighted by molar-refractivity contribution is 5.83. The van der Waals surface area contributed by atoms with Crippen LogP contribution in [0.4, 0.5) is 0 Å². The van der Waals surface area contributed by atoms with Crippen LogP contribution in [0.3, 0.4) is 0 Å². The van der Waals surface area contributed by atoms with Gasteiger partial charge in [0.1, 0.15) is 11.6 Å². The fourth-order valence-electron chi connectivity index (χ4n) is 3.84. The lowest BCUT2D eigenvalue weighted by Crippen LogP contribution is -2.38. The highest BCUT2D eigenvalue weighted by atomic mass is 16.5. The molecule has 0 radical (unpaired) electrons. The molecule has 0 spiro atoms. The number of nitrogens with zero attached hydrogens (tertiary/aromatic N) is 2. The molecule has 1 aliphatic heterocycles. The predicted octanol–water partition coefficient (Wildman–Crippen LogP) is 3.10. The lowest BCUT2D eigenvalue weighted by Gasteiger charge is -2.31. The normalized spacial score (nSPS) is 20.4. The summed E-state index contributed by atoms with van der Waals surface area (Å²) < 4.78 is 7.47. The molecule has 0 aliphatic carbocycles. The summed E-state index contributed by atoms with van der Waals surface area (Å²) in [5.41, 5.74) is 1.28. The molecule has 136 valence electrons. The van der Waals surface area contributed by atoms with E-state index < -0.39 is 0 Å². The van der Waals surface area contributed by atoms with Crippen molar-refractivity contribution in [1.82, 2.24) is 19.9 Å². The SMILES string of the molecule is CC[C@H]1C[C@H](n2ccnc2-c2cc3cc(OC)ccc3[nH]c2=O)CCN1. The first-order chi connectivity index (χ1) is 12.7. The molecule has 6 heteroatoms. The van der Waals surface area contributed by atoms with E-state index in [4.69, 9.17) is 4.74 Å². The summed E-state index contributed by atoms with van der Waals surface area (Å²) in [7, 11) is 1.64. The van der Waals surface area contributed by atoms with Gasteiger partial charge in [-0.25, -0.2) is 4.98 Å². The lowest BCUT2D eigenvalue weighted by molar-refractivity contribution is 0.297. The van der Waals surface area contributed by atoms with E-state index in [2.05, 4.69) is 26.8 Å². The second kappa shape index (κ2) is 6.96. The molecular weight excluding hydrogens is 328 g/mol. The smallest absolute Gasteiger partial charge is 0.259 e. The Hall–Kier alpha value is -2.60. The molecule has 3 aromatic rings. The fourth-order valence-corrected chi connectivity index (χ4v) is 3.84. The Labute approximate surface area is 152 Å². The number of ether oxygens (including phenoxy) is 1. The number of imidazole rings is 1. The summed E-state index contributed by atoms with van der Waals surface area (Å²) in [6, 6.07) is 8.43. The quantitative estimate of drug-likeness (QED) is 0.757. The summed E-state index contributed by atoms with van der Waals surface area (Å²) in [5.74, 6) is 1.50. The molecular formula is C20H24N4O2. The van der Waals surface area contributed by atoms with Gasteiger partial charge in [-0.2, -0.15) is 0 Å². The number of piperidine rings is 1. The van der Waals surface area contributed by atoms with Crippen molar-refractivity contribution < 1.29 is 4.74 Å². The minimum atomic E-state index is -0.115. The van der Waals surface area contributed by atoms with Gasteiger partial charge in [0.25, 0.3) is 5.56 Å². The van der Waals surface area contributed by atoms with Gasteiger partial charge < -0.3 is 19.6 Å². The number of aromatic nitrogens is 3. The van der Waals surface area contributed by atoms with Gasteiger partial charge in [0.05, 0.1) is 12.7 Å². The zero-order valence-corrected chi connectivity index (χ0v) is 15.2. The Balaban J connectivity index is 1.77. The van der Waals surface area contributed by atoms with Crippen LogP contribution >= 0.6 is 0 Å². The van der Waals surface area contributed by atoms with Crippen molar-refractivity contribution in [2.24, 2.45) is 0 Å². The van der Waals surface area contributed by atoms with E-state index >= 15 is 0 Å². The standard InChI is InChI=1S/C20H24N4O2/c1-3-14-12-15(6-7-21-14)24-9-8-22-19(24)17-11-13-10-16(26-2)4-5-18(13)23-20(17)25/h4-5,8-11,14-15,21H,3,6-7,12H2,1-2H3,(H,23,25)/t14-,15+/m0/s1. The maximum atomic E-state index is 12.7. The van der Waals surface area contributed by atoms with Crippen molar-refractivity contribution in [3.63, 3.8) is 0 Å². The summed E-state index contributed by atoms with van der Waals surface area (Å²) in [5, 5.41) is 4.49. The first-order valence-electron chi connectivity index (χ1n) is 9.17. The maximum absolute atomic E-state index is 12.7. The molecule has 0 bridgehead atoms. The van der Waals surface area contributed by atoms with E-state index in [9.17, 15) is 4.79 Å². The van der Waals surface area contributed by atoms with Gasteiger partial charge in [0, 0.05) is 35.4 Å². The minimum Gasteiger partial charge on any atom is -0.497 e. The van der Waals surface area contributed by atoms with Crippen LogP contribution in [0, 0.1) is 0 Å². The second-order valence-corrected chi connectivity index (χ2v) is 6.86. The zero-order valence-electron chi connectivity index (χ0n) is 15.2. The minimum absolute atomic E-state index is 0.115. The third kappa shape index (κ3) is 3.01. The molecule has 0 saturated carbocycles. The number of pyridine rings is 1. The van der Waals surface area contributed by atoms with Crippen LogP contribution in [0.15, 0.2) is 41.5 Å². The summed E-state index contributed by atoms with van der Waals surface area (Å²) in [4.78, 5) is 20.2. The molecule has 1 fully saturated rings. The number of hydrogen-bond donors (Lipinski definition) is 2. The van der Waals surface area contributed by atoms with Crippen molar-refractivity contribution in [2.45, 2.75) is 38.3 Å². The van der Waals surface area contributed by atoms with Gasteiger partial charge in [-0.1, -0.05) is 6.92 Å². The number of H-pyrrole nitrogens is 1. The van der Waals surface area contributed by atoms with Gasteiger partial charge in [-0.05, 0) is 50.1 Å². The predicted molar refractivity (Wildman–Crippen MR) is 103 cm³/mol. The number of methoxy groups -OCH3 is 1. The average Bonchev–Trinajstić information content (AvgIpc) is 3.16. The summed E-state index contributed by atoms with van der Waals surface area (Å²) in [6.45, 7) is 3.20. The first kappa shape index (κ1) is 16.8. The van der Waals surface area contributed by atoms with Crippen molar-refractivity contribution in [2.75, 3.05) is 13.7 Å². The van der Waals surface area contributed by atoms with Crippen LogP contribution in [0.2, 0.25) is 0 Å². The van der Waals surface area contributed by atoms with Gasteiger partial charge >= 0.3 is 0 Å². The van der Waals surface area contributed by atoms with Crippen LogP contribution < -0.4 is 15.6 Å². The molecule has 1 aliphatic rings. The van der Waals surface area contributed by atoms with E-state index in [1.54, 1.807) is 13.3 Å². The third-order valence-electron chi connectivity index (χ3n) is 5.31. The Bertz CT molecular complexity index is 975. The van der Waals surface area contributed by atoms with E-state index in [0.29, 0.717) is 17.6 Å². The molecule has 1 aromatic carbocycles. The van der Waals surface area contributed by atoms with Crippen LogP contribution in [-0.4, -0.2) is 34.2 Å². The highest BCUT2D eigenvalue weighted by Crippen LogP contribution is 2.29. The highest BCUT2D eigenvalue weighted by Gasteiger charge is 2.24. The van der Waals surface area contributed by atoms with E-state index in [1.165, 1.54) is 0 Å². The number of nitrogens with one attached hydrogen (secondary N) is 2. The van der Waals surface area contributed by atoms with Crippen molar-refractivity contribution >= 4 is 10.9 Å². The number of aromatic amines is 1. The molecule has 3 heterocycles. The molecule has 26 heavy (non-hydrogen) atoms. The third-order valence-corrected chi connectivity index (χ3v) is 5.31. The van der Waals surface area contributed by atoms with Crippen LogP contribution in [0.25, 0.3) is 22.3 Å². The van der Waals surface area contributed by atoms with Crippen LogP contribution in [0.1, 0.15) is 32.2 Å². The summed E-state index contributed by atoms with van der Waals surface area (Å²) >= 11 is 0. The molecule has 2 atom stereocenters. The number of hydrogen-bond acceptors (Lipinski definition) is 4. The molecule has 0 unspecified atom stereocenters. The van der Waals surface area contributed by atoms with E-state index in [1.807, 2.05) is 30.5 Å². The molecule has 0 amide bonds. The van der Waals surface area contributed by atoms with Crippen LogP contribution in [-0.2, 0) is 0 Å². The Kier molecular flexibility index (Phi) is 4.51. The Morgan fingerprint density at radius 3 is 3.04 bits per heavy atom. The zero-order chi connectivity index (χ0) is 18.1. The van der Waals surface area contributed by atoms with Gasteiger partial charge in [-0.15, -0.1) is 0 Å². The van der Waals surface area contributed by atoms with Gasteiger partial charge in [-0.3, -0.25) is 4.79 Å². The molecule has 4 rings (SSSR count). The van der Waals surface area contributed by atoms with Crippen molar-refractivity contribution in [3.05, 3.63) is 47.0 Å². The largest absolute Gasteiger partial charge is 0.497 e. The Morgan fingerprint density at radius 1 is 1.35 bits per heavy atom. The van der Waals surface area contributed by atoms with E-state index in [0.717, 1.165) is 48.3 Å². The molecule has 2 aromatic heterocycles. The van der Waals surface area contributed by atoms with Crippen molar-refractivity contribution in [3.8, 4) is 17.1 Å². The van der Waals surface area contributed by atoms with E-state index in [-0.39, 0.29) is 5.56 Å². The monoisotopic (exact) mass is 352 g/mol. The van der Waals surface area contributed by atoms with Crippen LogP contribution in [0.5, 0.6) is 5.75 Å². The molecule has 2 N–H and O–H groups in total. The van der Waals surface area contributed by atoms with Gasteiger partial charge in [0.2, 0.25) is 0 Å². The number of rotatable bonds is 4. The lowest BCUT2D eigenvalue weighted by atomic mass is 9.97. The average molecular weight is 352 g/mol. The number of fused-ring (bicyclic) bond motifs is 1. The molecule has 6 nitrogen and oxygen atoms in total. The topological polar surface area (TPSA) is 71.9 Å². The fraction of sp³-hybridized carbons (Fsp3) is 0.400. The van der Waals surface area contributed by atoms with Crippen molar-refractivity contribution in [1.29, 1.82) is 0 Å². The second-order valence-electron chi connectivity index (χ2n) is 6.86. The first-order valence-corrected chi connectivity index (χ1v) is 9.17. The Morgan fingerprint density at radius 2 is 2.23 bits per heavy atom.